The molecule has 1 aliphatic heterocycles. The average molecular weight is 281 g/mol. The van der Waals surface area contributed by atoms with Gasteiger partial charge in [-0.1, -0.05) is 6.92 Å². The lowest BCUT2D eigenvalue weighted by Gasteiger charge is -2.46. The molecule has 1 saturated heterocycles. The smallest absolute Gasteiger partial charge is 0.297 e. The fraction of sp³-hybridized carbons (Fsp3) is 0.800. The van der Waals surface area contributed by atoms with Gasteiger partial charge in [0.05, 0.1) is 30.0 Å². The van der Waals surface area contributed by atoms with Gasteiger partial charge < -0.3 is 19.4 Å². The Morgan fingerprint density at radius 2 is 1.90 bits per heavy atom. The van der Waals surface area contributed by atoms with E-state index in [4.69, 9.17) is 9.15 Å². The Hall–Kier alpha value is -1.07. The molecule has 0 bridgehead atoms. The van der Waals surface area contributed by atoms with Crippen LogP contribution in [0.5, 0.6) is 0 Å². The van der Waals surface area contributed by atoms with E-state index in [0.29, 0.717) is 6.01 Å². The highest BCUT2D eigenvalue weighted by atomic mass is 16.5. The van der Waals surface area contributed by atoms with Gasteiger partial charge in [-0.15, -0.1) is 0 Å². The highest BCUT2D eigenvalue weighted by Crippen LogP contribution is 2.30. The van der Waals surface area contributed by atoms with Crippen molar-refractivity contribution in [1.29, 1.82) is 0 Å². The number of ether oxygens (including phenoxy) is 1. The third-order valence-corrected chi connectivity index (χ3v) is 3.24. The van der Waals surface area contributed by atoms with Crippen LogP contribution in [0.15, 0.2) is 10.7 Å². The molecule has 2 heterocycles. The molecule has 0 saturated carbocycles. The predicted molar refractivity (Wildman–Crippen MR) is 80.0 cm³/mol. The molecule has 20 heavy (non-hydrogen) atoms. The molecule has 0 atom stereocenters. The molecule has 5 heteroatoms. The van der Waals surface area contributed by atoms with E-state index in [-0.39, 0.29) is 11.2 Å². The number of morpholine rings is 1. The molecule has 5 nitrogen and oxygen atoms in total. The number of nitrogens with one attached hydrogen (secondary N) is 1. The molecular formula is C15H27N3O2. The van der Waals surface area contributed by atoms with Crippen molar-refractivity contribution >= 4 is 6.01 Å². The van der Waals surface area contributed by atoms with Crippen LogP contribution >= 0.6 is 0 Å². The molecule has 114 valence electrons. The zero-order valence-corrected chi connectivity index (χ0v) is 13.3. The lowest BCUT2D eigenvalue weighted by molar-refractivity contribution is -0.134. The summed E-state index contributed by atoms with van der Waals surface area (Å²) in [4.78, 5) is 6.75. The van der Waals surface area contributed by atoms with Gasteiger partial charge in [0.2, 0.25) is 0 Å². The number of anilines is 1. The number of rotatable bonds is 5. The van der Waals surface area contributed by atoms with Crippen LogP contribution in [0, 0.1) is 0 Å². The molecule has 0 unspecified atom stereocenters. The molecule has 0 aliphatic carbocycles. The third kappa shape index (κ3) is 3.96. The Labute approximate surface area is 121 Å². The van der Waals surface area contributed by atoms with E-state index in [0.717, 1.165) is 38.3 Å². The monoisotopic (exact) mass is 281 g/mol. The minimum absolute atomic E-state index is 0.198. The maximum atomic E-state index is 6.08. The number of nitrogens with zero attached hydrogens (tertiary/aromatic N) is 2. The Bertz CT molecular complexity index is 424. The summed E-state index contributed by atoms with van der Waals surface area (Å²) in [6, 6.07) is 0.697. The van der Waals surface area contributed by atoms with Gasteiger partial charge in [0.15, 0.2) is 0 Å². The van der Waals surface area contributed by atoms with Crippen LogP contribution in [-0.4, -0.2) is 35.8 Å². The van der Waals surface area contributed by atoms with E-state index in [2.05, 4.69) is 49.8 Å². The maximum absolute atomic E-state index is 6.08. The van der Waals surface area contributed by atoms with Crippen molar-refractivity contribution in [2.75, 3.05) is 24.5 Å². The first-order chi connectivity index (χ1) is 9.31. The summed E-state index contributed by atoms with van der Waals surface area (Å²) in [5, 5.41) is 3.33. The van der Waals surface area contributed by atoms with Gasteiger partial charge in [0, 0.05) is 6.54 Å². The first kappa shape index (κ1) is 15.3. The second kappa shape index (κ2) is 5.74. The number of oxazole rings is 1. The molecule has 1 aliphatic rings. The Kier molecular flexibility index (Phi) is 4.39. The van der Waals surface area contributed by atoms with Gasteiger partial charge in [0.25, 0.3) is 6.01 Å². The first-order valence-corrected chi connectivity index (χ1v) is 7.41. The topological polar surface area (TPSA) is 50.5 Å². The Morgan fingerprint density at radius 1 is 1.25 bits per heavy atom. The summed E-state index contributed by atoms with van der Waals surface area (Å²) in [5.74, 6) is 0. The largest absolute Gasteiger partial charge is 0.432 e. The molecule has 0 amide bonds. The molecular weight excluding hydrogens is 254 g/mol. The van der Waals surface area contributed by atoms with Crippen molar-refractivity contribution in [2.24, 2.45) is 0 Å². The quantitative estimate of drug-likeness (QED) is 0.841. The van der Waals surface area contributed by atoms with Crippen LogP contribution in [0.4, 0.5) is 6.01 Å². The number of hydrogen-bond acceptors (Lipinski definition) is 5. The SMILES string of the molecule is CCCNCc1coc(N2CC(C)(C)OC(C)(C)C2)n1. The maximum Gasteiger partial charge on any atom is 0.297 e. The predicted octanol–water partition coefficient (Wildman–Crippen LogP) is 2.57. The van der Waals surface area contributed by atoms with E-state index < -0.39 is 0 Å². The van der Waals surface area contributed by atoms with E-state index in [9.17, 15) is 0 Å². The Balaban J connectivity index is 2.03. The normalized spacial score (nSPS) is 21.1. The van der Waals surface area contributed by atoms with Crippen molar-refractivity contribution in [3.05, 3.63) is 12.0 Å². The zero-order chi connectivity index (χ0) is 14.8. The van der Waals surface area contributed by atoms with Gasteiger partial charge in [-0.05, 0) is 40.7 Å². The summed E-state index contributed by atoms with van der Waals surface area (Å²) < 4.78 is 11.7. The average Bonchev–Trinajstić information content (AvgIpc) is 2.74. The number of hydrogen-bond donors (Lipinski definition) is 1. The van der Waals surface area contributed by atoms with E-state index in [1.165, 1.54) is 0 Å². The van der Waals surface area contributed by atoms with Crippen LogP contribution in [0.1, 0.15) is 46.7 Å². The van der Waals surface area contributed by atoms with Crippen LogP contribution in [-0.2, 0) is 11.3 Å². The van der Waals surface area contributed by atoms with Crippen LogP contribution in [0.25, 0.3) is 0 Å². The van der Waals surface area contributed by atoms with E-state index >= 15 is 0 Å². The van der Waals surface area contributed by atoms with Crippen molar-refractivity contribution in [3.8, 4) is 0 Å². The molecule has 1 fully saturated rings. The van der Waals surface area contributed by atoms with Crippen molar-refractivity contribution in [3.63, 3.8) is 0 Å². The summed E-state index contributed by atoms with van der Waals surface area (Å²) >= 11 is 0. The minimum Gasteiger partial charge on any atom is -0.432 e. The van der Waals surface area contributed by atoms with Gasteiger partial charge in [-0.25, -0.2) is 0 Å². The number of aromatic nitrogens is 1. The molecule has 2 rings (SSSR count). The first-order valence-electron chi connectivity index (χ1n) is 7.41. The second-order valence-electron chi connectivity index (χ2n) is 6.78. The lowest BCUT2D eigenvalue weighted by Crippen LogP contribution is -2.57. The fourth-order valence-electron chi connectivity index (χ4n) is 2.84. The summed E-state index contributed by atoms with van der Waals surface area (Å²) in [6.45, 7) is 13.9. The fourth-order valence-corrected chi connectivity index (χ4v) is 2.84. The third-order valence-electron chi connectivity index (χ3n) is 3.24. The van der Waals surface area contributed by atoms with Crippen molar-refractivity contribution in [1.82, 2.24) is 10.3 Å². The van der Waals surface area contributed by atoms with Crippen molar-refractivity contribution < 1.29 is 9.15 Å². The van der Waals surface area contributed by atoms with E-state index in [1.54, 1.807) is 6.26 Å². The summed E-state index contributed by atoms with van der Waals surface area (Å²) in [7, 11) is 0. The second-order valence-corrected chi connectivity index (χ2v) is 6.78. The minimum atomic E-state index is -0.198. The standard InChI is InChI=1S/C15H27N3O2/c1-6-7-16-8-12-9-19-13(17-12)18-10-14(2,3)20-15(4,5)11-18/h9,16H,6-8,10-11H2,1-5H3. The van der Waals surface area contributed by atoms with Gasteiger partial charge in [-0.3, -0.25) is 0 Å². The molecule has 0 radical (unpaired) electrons. The molecule has 1 aromatic heterocycles. The van der Waals surface area contributed by atoms with E-state index in [1.807, 2.05) is 0 Å². The van der Waals surface area contributed by atoms with Gasteiger partial charge in [0.1, 0.15) is 6.26 Å². The molecule has 1 N–H and O–H groups in total. The lowest BCUT2D eigenvalue weighted by atomic mass is 9.99. The Morgan fingerprint density at radius 3 is 2.50 bits per heavy atom. The van der Waals surface area contributed by atoms with Crippen LogP contribution in [0.2, 0.25) is 0 Å². The highest BCUT2D eigenvalue weighted by molar-refractivity contribution is 5.30. The van der Waals surface area contributed by atoms with Crippen LogP contribution < -0.4 is 10.2 Å². The van der Waals surface area contributed by atoms with Crippen LogP contribution in [0.3, 0.4) is 0 Å². The zero-order valence-electron chi connectivity index (χ0n) is 13.3. The van der Waals surface area contributed by atoms with Gasteiger partial charge >= 0.3 is 0 Å². The molecule has 0 spiro atoms. The summed E-state index contributed by atoms with van der Waals surface area (Å²) in [6.07, 6.45) is 2.87. The van der Waals surface area contributed by atoms with Gasteiger partial charge in [-0.2, -0.15) is 4.98 Å². The highest BCUT2D eigenvalue weighted by Gasteiger charge is 2.39. The summed E-state index contributed by atoms with van der Waals surface area (Å²) in [5.41, 5.74) is 0.559. The molecule has 1 aromatic rings. The van der Waals surface area contributed by atoms with Crippen molar-refractivity contribution in [2.45, 2.75) is 58.8 Å². The molecule has 0 aromatic carbocycles.